The number of nitrogens with zero attached hydrogens (tertiary/aromatic N) is 1. The van der Waals surface area contributed by atoms with Crippen molar-refractivity contribution in [3.63, 3.8) is 0 Å². The van der Waals surface area contributed by atoms with Crippen molar-refractivity contribution >= 4 is 0 Å². The van der Waals surface area contributed by atoms with Crippen LogP contribution in [-0.4, -0.2) is 36.0 Å². The summed E-state index contributed by atoms with van der Waals surface area (Å²) in [6, 6.07) is 5.98. The van der Waals surface area contributed by atoms with Gasteiger partial charge in [0.15, 0.2) is 0 Å². The van der Waals surface area contributed by atoms with Crippen molar-refractivity contribution in [1.29, 1.82) is 0 Å². The lowest BCUT2D eigenvalue weighted by Gasteiger charge is -2.17. The first-order valence-electron chi connectivity index (χ1n) is 7.49. The molecule has 2 atom stereocenters. The van der Waals surface area contributed by atoms with E-state index in [9.17, 15) is 5.11 Å². The molecule has 0 spiro atoms. The highest BCUT2D eigenvalue weighted by molar-refractivity contribution is 5.07. The van der Waals surface area contributed by atoms with Crippen LogP contribution in [0.25, 0.3) is 0 Å². The van der Waals surface area contributed by atoms with Crippen LogP contribution < -0.4 is 5.32 Å². The largest absolute Gasteiger partial charge is 0.389 e. The highest BCUT2D eigenvalue weighted by atomic mass is 16.5. The number of hydrogen-bond donors (Lipinski definition) is 2. The molecule has 1 aromatic heterocycles. The Hall–Kier alpha value is -0.970. The van der Waals surface area contributed by atoms with Crippen LogP contribution in [0, 0.1) is 5.92 Å². The molecule has 0 aliphatic heterocycles. The summed E-state index contributed by atoms with van der Waals surface area (Å²) < 4.78 is 5.48. The maximum atomic E-state index is 9.85. The van der Waals surface area contributed by atoms with E-state index < -0.39 is 6.10 Å². The summed E-state index contributed by atoms with van der Waals surface area (Å²) >= 11 is 0. The van der Waals surface area contributed by atoms with Crippen LogP contribution in [0.5, 0.6) is 0 Å². The predicted octanol–water partition coefficient (Wildman–Crippen LogP) is 2.55. The minimum Gasteiger partial charge on any atom is -0.389 e. The molecule has 2 N–H and O–H groups in total. The van der Waals surface area contributed by atoms with Gasteiger partial charge < -0.3 is 15.2 Å². The first-order valence-corrected chi connectivity index (χ1v) is 7.49. The van der Waals surface area contributed by atoms with Crippen molar-refractivity contribution in [2.75, 3.05) is 19.8 Å². The Balaban J connectivity index is 2.09. The summed E-state index contributed by atoms with van der Waals surface area (Å²) in [7, 11) is 0. The second-order valence-electron chi connectivity index (χ2n) is 5.65. The van der Waals surface area contributed by atoms with Gasteiger partial charge in [0.05, 0.1) is 18.4 Å². The molecule has 0 bridgehead atoms. The Morgan fingerprint density at radius 3 is 2.75 bits per heavy atom. The molecule has 0 saturated carbocycles. The molecule has 0 aliphatic carbocycles. The molecule has 1 rings (SSSR count). The minimum absolute atomic E-state index is 0.131. The standard InChI is InChI=1S/C16H28N2O2/c1-13(2)7-6-10-20-12-15(19)11-18-14(3)16-8-4-5-9-17-16/h4-5,8-9,13-15,18-19H,6-7,10-12H2,1-3H3. The number of pyridine rings is 1. The van der Waals surface area contributed by atoms with Crippen molar-refractivity contribution in [2.45, 2.75) is 45.8 Å². The van der Waals surface area contributed by atoms with Crippen LogP contribution in [-0.2, 0) is 4.74 Å². The summed E-state index contributed by atoms with van der Waals surface area (Å²) in [6.07, 6.45) is 3.54. The van der Waals surface area contributed by atoms with Crippen LogP contribution in [0.15, 0.2) is 24.4 Å². The van der Waals surface area contributed by atoms with E-state index in [2.05, 4.69) is 24.1 Å². The predicted molar refractivity (Wildman–Crippen MR) is 81.6 cm³/mol. The lowest BCUT2D eigenvalue weighted by atomic mass is 10.1. The fourth-order valence-corrected chi connectivity index (χ4v) is 1.92. The number of rotatable bonds is 10. The Morgan fingerprint density at radius 2 is 2.10 bits per heavy atom. The molecular weight excluding hydrogens is 252 g/mol. The zero-order valence-electron chi connectivity index (χ0n) is 12.9. The monoisotopic (exact) mass is 280 g/mol. The summed E-state index contributed by atoms with van der Waals surface area (Å²) in [5.41, 5.74) is 0.984. The van der Waals surface area contributed by atoms with Gasteiger partial charge in [-0.15, -0.1) is 0 Å². The van der Waals surface area contributed by atoms with Crippen molar-refractivity contribution < 1.29 is 9.84 Å². The molecule has 1 aromatic rings. The second kappa shape index (κ2) is 9.86. The van der Waals surface area contributed by atoms with Gasteiger partial charge in [0.2, 0.25) is 0 Å². The maximum absolute atomic E-state index is 9.85. The van der Waals surface area contributed by atoms with Crippen LogP contribution in [0.4, 0.5) is 0 Å². The molecule has 4 heteroatoms. The van der Waals surface area contributed by atoms with Gasteiger partial charge in [-0.3, -0.25) is 4.98 Å². The lowest BCUT2D eigenvalue weighted by Crippen LogP contribution is -2.32. The van der Waals surface area contributed by atoms with Crippen LogP contribution in [0.2, 0.25) is 0 Å². The third-order valence-corrected chi connectivity index (χ3v) is 3.17. The van der Waals surface area contributed by atoms with Crippen molar-refractivity contribution in [3.05, 3.63) is 30.1 Å². The fraction of sp³-hybridized carbons (Fsp3) is 0.688. The molecule has 1 heterocycles. The fourth-order valence-electron chi connectivity index (χ4n) is 1.92. The number of nitrogens with one attached hydrogen (secondary N) is 1. The molecule has 0 saturated heterocycles. The SMILES string of the molecule is CC(C)CCCOCC(O)CNC(C)c1ccccn1. The Morgan fingerprint density at radius 1 is 1.30 bits per heavy atom. The van der Waals surface area contributed by atoms with Crippen molar-refractivity contribution in [1.82, 2.24) is 10.3 Å². The molecule has 0 fully saturated rings. The summed E-state index contributed by atoms with van der Waals surface area (Å²) in [5, 5.41) is 13.1. The second-order valence-corrected chi connectivity index (χ2v) is 5.65. The van der Waals surface area contributed by atoms with Gasteiger partial charge in [-0.2, -0.15) is 0 Å². The van der Waals surface area contributed by atoms with E-state index >= 15 is 0 Å². The van der Waals surface area contributed by atoms with Gasteiger partial charge in [0, 0.05) is 25.4 Å². The molecule has 0 aliphatic rings. The maximum Gasteiger partial charge on any atom is 0.0897 e. The third kappa shape index (κ3) is 7.58. The molecule has 114 valence electrons. The highest BCUT2D eigenvalue weighted by Crippen LogP contribution is 2.07. The number of aliphatic hydroxyl groups excluding tert-OH is 1. The summed E-state index contributed by atoms with van der Waals surface area (Å²) in [4.78, 5) is 4.28. The smallest absolute Gasteiger partial charge is 0.0897 e. The number of aromatic nitrogens is 1. The number of aliphatic hydroxyl groups is 1. The van der Waals surface area contributed by atoms with Crippen molar-refractivity contribution in [2.24, 2.45) is 5.92 Å². The van der Waals surface area contributed by atoms with E-state index in [1.54, 1.807) is 6.20 Å². The quantitative estimate of drug-likeness (QED) is 0.647. The summed E-state index contributed by atoms with van der Waals surface area (Å²) in [6.45, 7) is 8.08. The van der Waals surface area contributed by atoms with Crippen LogP contribution in [0.3, 0.4) is 0 Å². The van der Waals surface area contributed by atoms with E-state index in [1.165, 1.54) is 6.42 Å². The van der Waals surface area contributed by atoms with Gasteiger partial charge in [0.25, 0.3) is 0 Å². The molecule has 20 heavy (non-hydrogen) atoms. The van der Waals surface area contributed by atoms with E-state index in [4.69, 9.17) is 4.74 Å². The van der Waals surface area contributed by atoms with Gasteiger partial charge in [-0.1, -0.05) is 19.9 Å². The Labute approximate surface area is 122 Å². The van der Waals surface area contributed by atoms with Crippen molar-refractivity contribution in [3.8, 4) is 0 Å². The zero-order chi connectivity index (χ0) is 14.8. The molecule has 0 aromatic carbocycles. The Kier molecular flexibility index (Phi) is 8.42. The average Bonchev–Trinajstić information content (AvgIpc) is 2.45. The van der Waals surface area contributed by atoms with Gasteiger partial charge in [0.1, 0.15) is 0 Å². The molecular formula is C16H28N2O2. The Bertz CT molecular complexity index is 344. The van der Waals surface area contributed by atoms with Crippen LogP contribution >= 0.6 is 0 Å². The van der Waals surface area contributed by atoms with Gasteiger partial charge in [-0.05, 0) is 37.8 Å². The third-order valence-electron chi connectivity index (χ3n) is 3.17. The first-order chi connectivity index (χ1) is 9.59. The highest BCUT2D eigenvalue weighted by Gasteiger charge is 2.09. The summed E-state index contributed by atoms with van der Waals surface area (Å²) in [5.74, 6) is 0.712. The number of hydrogen-bond acceptors (Lipinski definition) is 4. The molecule has 0 radical (unpaired) electrons. The molecule has 0 amide bonds. The average molecular weight is 280 g/mol. The zero-order valence-corrected chi connectivity index (χ0v) is 12.9. The van der Waals surface area contributed by atoms with E-state index in [0.29, 0.717) is 19.1 Å². The van der Waals surface area contributed by atoms with Gasteiger partial charge in [-0.25, -0.2) is 0 Å². The van der Waals surface area contributed by atoms with Gasteiger partial charge >= 0.3 is 0 Å². The topological polar surface area (TPSA) is 54.4 Å². The lowest BCUT2D eigenvalue weighted by molar-refractivity contribution is 0.0336. The first kappa shape index (κ1) is 17.1. The van der Waals surface area contributed by atoms with E-state index in [-0.39, 0.29) is 6.04 Å². The number of ether oxygens (including phenoxy) is 1. The molecule has 2 unspecified atom stereocenters. The van der Waals surface area contributed by atoms with E-state index in [1.807, 2.05) is 25.1 Å². The van der Waals surface area contributed by atoms with Crippen LogP contribution in [0.1, 0.15) is 45.3 Å². The minimum atomic E-state index is -0.472. The normalized spacial score (nSPS) is 14.4. The van der Waals surface area contributed by atoms with E-state index in [0.717, 1.165) is 18.7 Å². The molecule has 4 nitrogen and oxygen atoms in total.